The number of halogens is 1. The highest BCUT2D eigenvalue weighted by Crippen LogP contribution is 2.16. The van der Waals surface area contributed by atoms with Crippen molar-refractivity contribution in [2.75, 3.05) is 10.6 Å². The third-order valence-corrected chi connectivity index (χ3v) is 3.50. The molecule has 0 saturated carbocycles. The molecule has 3 N–H and O–H groups in total. The van der Waals surface area contributed by atoms with Crippen LogP contribution in [-0.2, 0) is 0 Å². The van der Waals surface area contributed by atoms with E-state index >= 15 is 0 Å². The van der Waals surface area contributed by atoms with E-state index < -0.39 is 0 Å². The Bertz CT molecular complexity index is 710. The van der Waals surface area contributed by atoms with Crippen LogP contribution in [0.1, 0.15) is 5.56 Å². The lowest BCUT2D eigenvalue weighted by Gasteiger charge is -2.22. The summed E-state index contributed by atoms with van der Waals surface area (Å²) in [5.41, 5.74) is 3.13. The average Bonchev–Trinajstić information content (AvgIpc) is 2.52. The number of hydrogen-bond donors (Lipinski definition) is 3. The summed E-state index contributed by atoms with van der Waals surface area (Å²) in [6.45, 7) is 2.05. The molecule has 22 heavy (non-hydrogen) atoms. The molecule has 112 valence electrons. The van der Waals surface area contributed by atoms with Gasteiger partial charge in [0.05, 0.1) is 5.03 Å². The van der Waals surface area contributed by atoms with Gasteiger partial charge in [0.25, 0.3) is 0 Å². The van der Waals surface area contributed by atoms with Gasteiger partial charge in [-0.05, 0) is 36.8 Å². The standard InChI is InChI=1S/C17H17ClN4/c1-12-6-5-9-14(10-12)20-16-15(18)11-19-17(22-16)21-13-7-3-2-4-8-13/h2-11,17,19,21H,1H3,(H,20,22). The zero-order valence-electron chi connectivity index (χ0n) is 12.2. The molecule has 0 amide bonds. The van der Waals surface area contributed by atoms with E-state index in [1.165, 1.54) is 5.56 Å². The minimum Gasteiger partial charge on any atom is -0.352 e. The molecule has 1 heterocycles. The Kier molecular flexibility index (Phi) is 4.30. The Morgan fingerprint density at radius 3 is 2.59 bits per heavy atom. The highest BCUT2D eigenvalue weighted by atomic mass is 35.5. The summed E-state index contributed by atoms with van der Waals surface area (Å²) in [4.78, 5) is 4.57. The second-order valence-electron chi connectivity index (χ2n) is 5.04. The van der Waals surface area contributed by atoms with E-state index in [2.05, 4.69) is 20.9 Å². The number of anilines is 2. The summed E-state index contributed by atoms with van der Waals surface area (Å²) in [6, 6.07) is 18.0. The summed E-state index contributed by atoms with van der Waals surface area (Å²) >= 11 is 6.22. The number of para-hydroxylation sites is 1. The highest BCUT2D eigenvalue weighted by molar-refractivity contribution is 6.45. The summed E-state index contributed by atoms with van der Waals surface area (Å²) < 4.78 is 0. The fourth-order valence-electron chi connectivity index (χ4n) is 2.17. The van der Waals surface area contributed by atoms with Crippen LogP contribution in [0.25, 0.3) is 0 Å². The first-order valence-corrected chi connectivity index (χ1v) is 7.44. The third kappa shape index (κ3) is 3.59. The maximum Gasteiger partial charge on any atom is 0.196 e. The van der Waals surface area contributed by atoms with E-state index in [0.29, 0.717) is 10.9 Å². The zero-order valence-corrected chi connectivity index (χ0v) is 12.9. The molecule has 2 aromatic carbocycles. The van der Waals surface area contributed by atoms with Crippen LogP contribution in [0.4, 0.5) is 11.4 Å². The summed E-state index contributed by atoms with van der Waals surface area (Å²) in [7, 11) is 0. The number of benzene rings is 2. The Hall–Kier alpha value is -2.46. The van der Waals surface area contributed by atoms with E-state index in [1.807, 2.05) is 61.5 Å². The lowest BCUT2D eigenvalue weighted by molar-refractivity contribution is 0.679. The van der Waals surface area contributed by atoms with Crippen molar-refractivity contribution in [2.24, 2.45) is 4.99 Å². The lowest BCUT2D eigenvalue weighted by atomic mass is 10.2. The number of nitrogens with zero attached hydrogens (tertiary/aromatic N) is 1. The zero-order chi connectivity index (χ0) is 15.4. The number of hydrogen-bond acceptors (Lipinski definition) is 4. The number of aliphatic imine (C=N–C) groups is 1. The maximum absolute atomic E-state index is 6.22. The summed E-state index contributed by atoms with van der Waals surface area (Å²) in [5, 5.41) is 10.2. The molecular formula is C17H17ClN4. The van der Waals surface area contributed by atoms with Crippen LogP contribution in [0.3, 0.4) is 0 Å². The molecule has 0 aromatic heterocycles. The fraction of sp³-hybridized carbons (Fsp3) is 0.118. The number of rotatable bonds is 3. The van der Waals surface area contributed by atoms with Gasteiger partial charge in [-0.15, -0.1) is 0 Å². The van der Waals surface area contributed by atoms with Gasteiger partial charge >= 0.3 is 0 Å². The molecule has 0 aliphatic carbocycles. The maximum atomic E-state index is 6.22. The molecule has 1 unspecified atom stereocenters. The Morgan fingerprint density at radius 2 is 1.82 bits per heavy atom. The molecule has 4 nitrogen and oxygen atoms in total. The van der Waals surface area contributed by atoms with Crippen LogP contribution < -0.4 is 16.0 Å². The Balaban J connectivity index is 1.75. The molecule has 0 spiro atoms. The number of amidine groups is 1. The van der Waals surface area contributed by atoms with Gasteiger partial charge in [0, 0.05) is 17.6 Å². The second-order valence-corrected chi connectivity index (χ2v) is 5.45. The van der Waals surface area contributed by atoms with E-state index in [1.54, 1.807) is 6.20 Å². The van der Waals surface area contributed by atoms with Crippen molar-refractivity contribution in [3.05, 3.63) is 71.4 Å². The van der Waals surface area contributed by atoms with Gasteiger partial charge in [-0.1, -0.05) is 41.9 Å². The minimum absolute atomic E-state index is 0.266. The van der Waals surface area contributed by atoms with Crippen LogP contribution in [0.5, 0.6) is 0 Å². The molecule has 2 aromatic rings. The SMILES string of the molecule is Cc1cccc(NC2=NC(Nc3ccccc3)NC=C2Cl)c1. The molecule has 3 rings (SSSR count). The van der Waals surface area contributed by atoms with Gasteiger partial charge in [-0.2, -0.15) is 0 Å². The van der Waals surface area contributed by atoms with E-state index in [-0.39, 0.29) is 6.29 Å². The third-order valence-electron chi connectivity index (χ3n) is 3.21. The molecule has 5 heteroatoms. The topological polar surface area (TPSA) is 48.5 Å². The van der Waals surface area contributed by atoms with E-state index in [4.69, 9.17) is 11.6 Å². The molecule has 1 aliphatic rings. The fourth-order valence-corrected chi connectivity index (χ4v) is 2.33. The van der Waals surface area contributed by atoms with Crippen molar-refractivity contribution in [1.29, 1.82) is 0 Å². The van der Waals surface area contributed by atoms with Crippen LogP contribution in [0.15, 0.2) is 70.8 Å². The monoisotopic (exact) mass is 312 g/mol. The Morgan fingerprint density at radius 1 is 1.05 bits per heavy atom. The number of nitrogens with one attached hydrogen (secondary N) is 3. The molecule has 1 atom stereocenters. The smallest absolute Gasteiger partial charge is 0.196 e. The van der Waals surface area contributed by atoms with E-state index in [0.717, 1.165) is 11.4 Å². The molecule has 0 radical (unpaired) electrons. The first-order valence-electron chi connectivity index (χ1n) is 7.06. The minimum atomic E-state index is -0.266. The first-order chi connectivity index (χ1) is 10.7. The quantitative estimate of drug-likeness (QED) is 0.806. The predicted molar refractivity (Wildman–Crippen MR) is 93.2 cm³/mol. The second kappa shape index (κ2) is 6.54. The molecule has 0 saturated heterocycles. The average molecular weight is 313 g/mol. The van der Waals surface area contributed by atoms with Crippen molar-refractivity contribution < 1.29 is 0 Å². The van der Waals surface area contributed by atoms with Gasteiger partial charge in [0.2, 0.25) is 0 Å². The normalized spacial score (nSPS) is 17.1. The molecule has 0 bridgehead atoms. The van der Waals surface area contributed by atoms with Crippen molar-refractivity contribution in [2.45, 2.75) is 13.2 Å². The predicted octanol–water partition coefficient (Wildman–Crippen LogP) is 3.88. The van der Waals surface area contributed by atoms with Gasteiger partial charge < -0.3 is 16.0 Å². The van der Waals surface area contributed by atoms with Crippen LogP contribution in [-0.4, -0.2) is 12.1 Å². The summed E-state index contributed by atoms with van der Waals surface area (Å²) in [5.74, 6) is 0.638. The van der Waals surface area contributed by atoms with Gasteiger partial charge in [-0.3, -0.25) is 0 Å². The van der Waals surface area contributed by atoms with Crippen molar-refractivity contribution in [1.82, 2.24) is 5.32 Å². The van der Waals surface area contributed by atoms with Crippen molar-refractivity contribution in [3.63, 3.8) is 0 Å². The van der Waals surface area contributed by atoms with Crippen LogP contribution in [0, 0.1) is 6.92 Å². The van der Waals surface area contributed by atoms with E-state index in [9.17, 15) is 0 Å². The highest BCUT2D eigenvalue weighted by Gasteiger charge is 2.15. The lowest BCUT2D eigenvalue weighted by Crippen LogP contribution is -2.37. The van der Waals surface area contributed by atoms with Gasteiger partial charge in [-0.25, -0.2) is 4.99 Å². The van der Waals surface area contributed by atoms with Crippen LogP contribution in [0.2, 0.25) is 0 Å². The Labute approximate surface area is 134 Å². The summed E-state index contributed by atoms with van der Waals surface area (Å²) in [6.07, 6.45) is 1.48. The van der Waals surface area contributed by atoms with Gasteiger partial charge in [0.1, 0.15) is 5.84 Å². The van der Waals surface area contributed by atoms with Crippen LogP contribution >= 0.6 is 11.6 Å². The molecular weight excluding hydrogens is 296 g/mol. The molecule has 1 aliphatic heterocycles. The molecule has 0 fully saturated rings. The largest absolute Gasteiger partial charge is 0.352 e. The number of aryl methyl sites for hydroxylation is 1. The van der Waals surface area contributed by atoms with Crippen molar-refractivity contribution in [3.8, 4) is 0 Å². The first kappa shape index (κ1) is 14.5. The van der Waals surface area contributed by atoms with Crippen molar-refractivity contribution >= 4 is 28.8 Å². The van der Waals surface area contributed by atoms with Gasteiger partial charge in [0.15, 0.2) is 6.29 Å².